The summed E-state index contributed by atoms with van der Waals surface area (Å²) < 4.78 is 33.4. The molecule has 31 heavy (non-hydrogen) atoms. The van der Waals surface area contributed by atoms with Crippen LogP contribution in [0.25, 0.3) is 0 Å². The van der Waals surface area contributed by atoms with E-state index in [1.807, 2.05) is 12.1 Å². The molecule has 0 heterocycles. The lowest BCUT2D eigenvalue weighted by Crippen LogP contribution is -2.14. The SMILES string of the molecule is COc1ccc(S(=O)(=O)Nc2ccc(Sc3ccc(C)cc3C)cc2)cc1NC(C)=O. The van der Waals surface area contributed by atoms with E-state index < -0.39 is 10.0 Å². The number of amides is 1. The van der Waals surface area contributed by atoms with Crippen LogP contribution >= 0.6 is 11.8 Å². The summed E-state index contributed by atoms with van der Waals surface area (Å²) in [4.78, 5) is 13.6. The summed E-state index contributed by atoms with van der Waals surface area (Å²) in [5.41, 5.74) is 3.15. The van der Waals surface area contributed by atoms with Gasteiger partial charge >= 0.3 is 0 Å². The topological polar surface area (TPSA) is 84.5 Å². The molecule has 0 bridgehead atoms. The van der Waals surface area contributed by atoms with E-state index in [0.29, 0.717) is 11.4 Å². The summed E-state index contributed by atoms with van der Waals surface area (Å²) >= 11 is 1.63. The van der Waals surface area contributed by atoms with Crippen molar-refractivity contribution in [1.82, 2.24) is 0 Å². The van der Waals surface area contributed by atoms with E-state index in [4.69, 9.17) is 4.74 Å². The molecule has 3 rings (SSSR count). The predicted octanol–water partition coefficient (Wildman–Crippen LogP) is 5.22. The molecule has 3 aromatic carbocycles. The molecule has 0 saturated heterocycles. The fourth-order valence-electron chi connectivity index (χ4n) is 2.99. The summed E-state index contributed by atoms with van der Waals surface area (Å²) in [5, 5.41) is 2.58. The van der Waals surface area contributed by atoms with Gasteiger partial charge in [-0.3, -0.25) is 9.52 Å². The van der Waals surface area contributed by atoms with E-state index in [1.54, 1.807) is 23.9 Å². The van der Waals surface area contributed by atoms with Gasteiger partial charge in [-0.25, -0.2) is 8.42 Å². The number of sulfonamides is 1. The Morgan fingerprint density at radius 3 is 2.29 bits per heavy atom. The van der Waals surface area contributed by atoms with Crippen molar-refractivity contribution < 1.29 is 17.9 Å². The van der Waals surface area contributed by atoms with Crippen LogP contribution in [0.3, 0.4) is 0 Å². The standard InChI is InChI=1S/C23H24N2O4S2/c1-15-5-12-23(16(2)13-15)30-19-8-6-18(7-9-19)25-31(27,28)20-10-11-22(29-4)21(14-20)24-17(3)26/h5-14,25H,1-4H3,(H,24,26). The van der Waals surface area contributed by atoms with E-state index in [9.17, 15) is 13.2 Å². The number of anilines is 2. The number of carbonyl (C=O) groups is 1. The number of aryl methyl sites for hydroxylation is 2. The van der Waals surface area contributed by atoms with Gasteiger partial charge in [-0.2, -0.15) is 0 Å². The fraction of sp³-hybridized carbons (Fsp3) is 0.174. The summed E-state index contributed by atoms with van der Waals surface area (Å²) in [7, 11) is -2.39. The third kappa shape index (κ3) is 5.80. The first kappa shape index (κ1) is 22.7. The number of rotatable bonds is 7. The highest BCUT2D eigenvalue weighted by Gasteiger charge is 2.17. The molecule has 0 unspecified atom stereocenters. The second kappa shape index (κ2) is 9.45. The summed E-state index contributed by atoms with van der Waals surface area (Å²) in [6, 6.07) is 17.8. The zero-order valence-electron chi connectivity index (χ0n) is 17.7. The van der Waals surface area contributed by atoms with Crippen LogP contribution in [0.15, 0.2) is 75.4 Å². The number of hydrogen-bond acceptors (Lipinski definition) is 5. The largest absolute Gasteiger partial charge is 0.495 e. The van der Waals surface area contributed by atoms with Crippen LogP contribution in [0.5, 0.6) is 5.75 Å². The van der Waals surface area contributed by atoms with Crippen LogP contribution in [0.2, 0.25) is 0 Å². The van der Waals surface area contributed by atoms with Gasteiger partial charge in [0.15, 0.2) is 0 Å². The highest BCUT2D eigenvalue weighted by molar-refractivity contribution is 7.99. The number of ether oxygens (including phenoxy) is 1. The molecule has 6 nitrogen and oxygen atoms in total. The van der Waals surface area contributed by atoms with Gasteiger partial charge < -0.3 is 10.1 Å². The van der Waals surface area contributed by atoms with Gasteiger partial charge in [-0.15, -0.1) is 0 Å². The Balaban J connectivity index is 1.78. The van der Waals surface area contributed by atoms with Gasteiger partial charge in [-0.1, -0.05) is 29.5 Å². The average Bonchev–Trinajstić information content (AvgIpc) is 2.71. The molecule has 0 atom stereocenters. The number of benzene rings is 3. The third-order valence-electron chi connectivity index (χ3n) is 4.46. The minimum Gasteiger partial charge on any atom is -0.495 e. The molecule has 0 spiro atoms. The first-order valence-corrected chi connectivity index (χ1v) is 11.8. The van der Waals surface area contributed by atoms with Crippen molar-refractivity contribution in [3.63, 3.8) is 0 Å². The lowest BCUT2D eigenvalue weighted by atomic mass is 10.2. The van der Waals surface area contributed by atoms with Gasteiger partial charge in [0.2, 0.25) is 5.91 Å². The van der Waals surface area contributed by atoms with Crippen molar-refractivity contribution in [2.45, 2.75) is 35.5 Å². The van der Waals surface area contributed by atoms with Gasteiger partial charge in [0.05, 0.1) is 17.7 Å². The molecule has 0 aliphatic heterocycles. The highest BCUT2D eigenvalue weighted by Crippen LogP contribution is 2.32. The van der Waals surface area contributed by atoms with E-state index in [-0.39, 0.29) is 16.5 Å². The maximum Gasteiger partial charge on any atom is 0.261 e. The number of methoxy groups -OCH3 is 1. The zero-order chi connectivity index (χ0) is 22.6. The van der Waals surface area contributed by atoms with Crippen LogP contribution in [0.4, 0.5) is 11.4 Å². The summed E-state index contributed by atoms with van der Waals surface area (Å²) in [6.07, 6.45) is 0. The molecule has 0 aliphatic carbocycles. The minimum atomic E-state index is -3.84. The molecule has 0 fully saturated rings. The first-order chi connectivity index (χ1) is 14.7. The first-order valence-electron chi connectivity index (χ1n) is 9.51. The minimum absolute atomic E-state index is 0.0192. The Kier molecular flexibility index (Phi) is 6.92. The monoisotopic (exact) mass is 456 g/mol. The number of carbonyl (C=O) groups excluding carboxylic acids is 1. The molecule has 0 radical (unpaired) electrons. The number of hydrogen-bond donors (Lipinski definition) is 2. The Labute approximate surface area is 187 Å². The van der Waals surface area contributed by atoms with Crippen LogP contribution in [-0.4, -0.2) is 21.4 Å². The Morgan fingerprint density at radius 2 is 1.68 bits per heavy atom. The van der Waals surface area contributed by atoms with E-state index in [0.717, 1.165) is 9.79 Å². The Hall–Kier alpha value is -2.97. The molecule has 0 aliphatic rings. The van der Waals surface area contributed by atoms with E-state index in [1.165, 1.54) is 43.4 Å². The maximum absolute atomic E-state index is 12.8. The summed E-state index contributed by atoms with van der Waals surface area (Å²) in [6.45, 7) is 5.47. The van der Waals surface area contributed by atoms with Crippen molar-refractivity contribution in [3.8, 4) is 5.75 Å². The van der Waals surface area contributed by atoms with Crippen LogP contribution in [0.1, 0.15) is 18.1 Å². The Bertz CT molecular complexity index is 1210. The molecule has 0 aromatic heterocycles. The van der Waals surface area contributed by atoms with Crippen LogP contribution in [-0.2, 0) is 14.8 Å². The maximum atomic E-state index is 12.8. The smallest absolute Gasteiger partial charge is 0.261 e. The molecule has 8 heteroatoms. The summed E-state index contributed by atoms with van der Waals surface area (Å²) in [5.74, 6) is 0.0552. The average molecular weight is 457 g/mol. The van der Waals surface area contributed by atoms with Gasteiger partial charge in [0.1, 0.15) is 5.75 Å². The Morgan fingerprint density at radius 1 is 0.968 bits per heavy atom. The normalized spacial score (nSPS) is 11.1. The van der Waals surface area contributed by atoms with Crippen LogP contribution < -0.4 is 14.8 Å². The third-order valence-corrected chi connectivity index (χ3v) is 7.02. The van der Waals surface area contributed by atoms with E-state index >= 15 is 0 Å². The highest BCUT2D eigenvalue weighted by atomic mass is 32.2. The van der Waals surface area contributed by atoms with Crippen molar-refractivity contribution in [2.24, 2.45) is 0 Å². The second-order valence-electron chi connectivity index (χ2n) is 7.04. The molecule has 162 valence electrons. The molecule has 3 aromatic rings. The predicted molar refractivity (Wildman–Crippen MR) is 125 cm³/mol. The molecule has 2 N–H and O–H groups in total. The van der Waals surface area contributed by atoms with Crippen molar-refractivity contribution in [2.75, 3.05) is 17.1 Å². The van der Waals surface area contributed by atoms with Crippen molar-refractivity contribution in [3.05, 3.63) is 71.8 Å². The lowest BCUT2D eigenvalue weighted by molar-refractivity contribution is -0.114. The van der Waals surface area contributed by atoms with Crippen molar-refractivity contribution in [1.29, 1.82) is 0 Å². The molecular formula is C23H24N2O4S2. The van der Waals surface area contributed by atoms with Crippen LogP contribution in [0, 0.1) is 13.8 Å². The lowest BCUT2D eigenvalue weighted by Gasteiger charge is -2.13. The molecular weight excluding hydrogens is 432 g/mol. The number of nitrogens with one attached hydrogen (secondary N) is 2. The van der Waals surface area contributed by atoms with Gasteiger partial charge in [0, 0.05) is 22.4 Å². The molecule has 1 amide bonds. The zero-order valence-corrected chi connectivity index (χ0v) is 19.4. The molecule has 0 saturated carbocycles. The fourth-order valence-corrected chi connectivity index (χ4v) is 4.95. The van der Waals surface area contributed by atoms with Gasteiger partial charge in [-0.05, 0) is 67.9 Å². The quantitative estimate of drug-likeness (QED) is 0.509. The van der Waals surface area contributed by atoms with E-state index in [2.05, 4.69) is 42.1 Å². The second-order valence-corrected chi connectivity index (χ2v) is 9.84. The van der Waals surface area contributed by atoms with Crippen molar-refractivity contribution >= 4 is 39.1 Å². The van der Waals surface area contributed by atoms with Gasteiger partial charge in [0.25, 0.3) is 10.0 Å².